The molecule has 0 aromatic carbocycles. The Labute approximate surface area is 102 Å². The molecule has 1 fully saturated rings. The van der Waals surface area contributed by atoms with Crippen LogP contribution >= 0.6 is 11.3 Å². The number of nitrogens with zero attached hydrogens (tertiary/aromatic N) is 1. The minimum Gasteiger partial charge on any atom is -0.309 e. The molecule has 1 saturated carbocycles. The first-order valence-electron chi connectivity index (χ1n) is 6.18. The van der Waals surface area contributed by atoms with Gasteiger partial charge in [0.2, 0.25) is 0 Å². The number of aromatic nitrogens is 1. The van der Waals surface area contributed by atoms with Crippen molar-refractivity contribution < 1.29 is 0 Å². The standard InChI is InChI=1S/C13H22N2S/c1-9(2)13(5-6-13)7-14-10(3)12-11(4)15-8-16-12/h8-10,14H,5-7H2,1-4H3. The predicted octanol–water partition coefficient (Wildman–Crippen LogP) is 3.54. The van der Waals surface area contributed by atoms with Gasteiger partial charge < -0.3 is 5.32 Å². The second-order valence-corrected chi connectivity index (χ2v) is 6.31. The largest absolute Gasteiger partial charge is 0.309 e. The first kappa shape index (κ1) is 12.1. The van der Waals surface area contributed by atoms with Crippen molar-refractivity contribution >= 4 is 11.3 Å². The Balaban J connectivity index is 1.89. The highest BCUT2D eigenvalue weighted by Crippen LogP contribution is 2.51. The van der Waals surface area contributed by atoms with Crippen LogP contribution < -0.4 is 5.32 Å². The minimum absolute atomic E-state index is 0.448. The Kier molecular flexibility index (Phi) is 3.36. The van der Waals surface area contributed by atoms with E-state index in [1.54, 1.807) is 11.3 Å². The molecule has 1 aromatic heterocycles. The van der Waals surface area contributed by atoms with Crippen molar-refractivity contribution in [2.75, 3.05) is 6.54 Å². The van der Waals surface area contributed by atoms with E-state index in [0.29, 0.717) is 11.5 Å². The van der Waals surface area contributed by atoms with Crippen LogP contribution in [0.4, 0.5) is 0 Å². The highest BCUT2D eigenvalue weighted by Gasteiger charge is 2.44. The molecule has 3 heteroatoms. The molecular weight excluding hydrogens is 216 g/mol. The Morgan fingerprint density at radius 2 is 2.12 bits per heavy atom. The van der Waals surface area contributed by atoms with E-state index in [1.165, 1.54) is 23.4 Å². The summed E-state index contributed by atoms with van der Waals surface area (Å²) in [5.41, 5.74) is 3.71. The van der Waals surface area contributed by atoms with Gasteiger partial charge in [-0.1, -0.05) is 13.8 Å². The summed E-state index contributed by atoms with van der Waals surface area (Å²) in [5, 5.41) is 3.68. The summed E-state index contributed by atoms with van der Waals surface area (Å²) in [4.78, 5) is 5.70. The van der Waals surface area contributed by atoms with Crippen LogP contribution in [0.2, 0.25) is 0 Å². The van der Waals surface area contributed by atoms with Crippen LogP contribution in [0.5, 0.6) is 0 Å². The average Bonchev–Trinajstić information content (AvgIpc) is 2.92. The molecule has 1 aliphatic carbocycles. The fourth-order valence-electron chi connectivity index (χ4n) is 2.29. The predicted molar refractivity (Wildman–Crippen MR) is 69.8 cm³/mol. The first-order valence-corrected chi connectivity index (χ1v) is 7.06. The van der Waals surface area contributed by atoms with Crippen LogP contribution in [0.15, 0.2) is 5.51 Å². The van der Waals surface area contributed by atoms with Crippen LogP contribution in [0.1, 0.15) is 50.2 Å². The lowest BCUT2D eigenvalue weighted by atomic mass is 9.92. The van der Waals surface area contributed by atoms with Gasteiger partial charge in [0, 0.05) is 17.5 Å². The Bertz CT molecular complexity index is 353. The molecule has 0 bridgehead atoms. The molecule has 1 unspecified atom stereocenters. The second-order valence-electron chi connectivity index (χ2n) is 5.42. The molecule has 1 atom stereocenters. The van der Waals surface area contributed by atoms with Crippen LogP contribution in [0.25, 0.3) is 0 Å². The lowest BCUT2D eigenvalue weighted by Crippen LogP contribution is -2.29. The number of aryl methyl sites for hydroxylation is 1. The van der Waals surface area contributed by atoms with E-state index in [2.05, 4.69) is 38.0 Å². The van der Waals surface area contributed by atoms with Gasteiger partial charge in [-0.25, -0.2) is 4.98 Å². The zero-order chi connectivity index (χ0) is 11.8. The third-order valence-electron chi connectivity index (χ3n) is 4.05. The molecule has 1 heterocycles. The summed E-state index contributed by atoms with van der Waals surface area (Å²) >= 11 is 1.76. The molecule has 0 saturated heterocycles. The number of thiazole rings is 1. The van der Waals surface area contributed by atoms with E-state index in [9.17, 15) is 0 Å². The number of nitrogens with one attached hydrogen (secondary N) is 1. The van der Waals surface area contributed by atoms with E-state index < -0.39 is 0 Å². The zero-order valence-corrected chi connectivity index (χ0v) is 11.5. The number of hydrogen-bond donors (Lipinski definition) is 1. The van der Waals surface area contributed by atoms with E-state index in [0.717, 1.165) is 12.5 Å². The smallest absolute Gasteiger partial charge is 0.0798 e. The lowest BCUT2D eigenvalue weighted by molar-refractivity contribution is 0.325. The third-order valence-corrected chi connectivity index (χ3v) is 5.17. The van der Waals surface area contributed by atoms with Gasteiger partial charge in [0.1, 0.15) is 0 Å². The van der Waals surface area contributed by atoms with Gasteiger partial charge >= 0.3 is 0 Å². The van der Waals surface area contributed by atoms with E-state index >= 15 is 0 Å². The molecule has 16 heavy (non-hydrogen) atoms. The normalized spacial score (nSPS) is 20.1. The van der Waals surface area contributed by atoms with Gasteiger partial charge in [-0.05, 0) is 38.0 Å². The van der Waals surface area contributed by atoms with Crippen molar-refractivity contribution in [2.24, 2.45) is 11.3 Å². The number of hydrogen-bond acceptors (Lipinski definition) is 3. The zero-order valence-electron chi connectivity index (χ0n) is 10.7. The highest BCUT2D eigenvalue weighted by molar-refractivity contribution is 7.09. The summed E-state index contributed by atoms with van der Waals surface area (Å²) in [6.07, 6.45) is 2.79. The Morgan fingerprint density at radius 3 is 2.56 bits per heavy atom. The highest BCUT2D eigenvalue weighted by atomic mass is 32.1. The molecule has 0 amide bonds. The van der Waals surface area contributed by atoms with E-state index in [1.807, 2.05) is 5.51 Å². The fraction of sp³-hybridized carbons (Fsp3) is 0.769. The topological polar surface area (TPSA) is 24.9 Å². The second kappa shape index (κ2) is 4.46. The molecule has 0 radical (unpaired) electrons. The summed E-state index contributed by atoms with van der Waals surface area (Å²) in [5.74, 6) is 0.801. The van der Waals surface area contributed by atoms with Gasteiger partial charge in [-0.3, -0.25) is 0 Å². The number of rotatable bonds is 5. The average molecular weight is 238 g/mol. The summed E-state index contributed by atoms with van der Waals surface area (Å²) in [6, 6.07) is 0.448. The fourth-order valence-corrected chi connectivity index (χ4v) is 3.13. The van der Waals surface area contributed by atoms with Gasteiger partial charge in [0.25, 0.3) is 0 Å². The Hall–Kier alpha value is -0.410. The molecule has 90 valence electrons. The van der Waals surface area contributed by atoms with Gasteiger partial charge in [0.05, 0.1) is 11.2 Å². The molecule has 2 rings (SSSR count). The third kappa shape index (κ3) is 2.30. The maximum absolute atomic E-state index is 4.31. The van der Waals surface area contributed by atoms with E-state index in [-0.39, 0.29) is 0 Å². The van der Waals surface area contributed by atoms with Crippen molar-refractivity contribution in [3.63, 3.8) is 0 Å². The monoisotopic (exact) mass is 238 g/mol. The first-order chi connectivity index (χ1) is 7.55. The van der Waals surface area contributed by atoms with Crippen LogP contribution in [-0.4, -0.2) is 11.5 Å². The van der Waals surface area contributed by atoms with Crippen molar-refractivity contribution in [1.82, 2.24) is 10.3 Å². The molecule has 2 nitrogen and oxygen atoms in total. The van der Waals surface area contributed by atoms with Crippen molar-refractivity contribution in [3.05, 3.63) is 16.1 Å². The summed E-state index contributed by atoms with van der Waals surface area (Å²) in [6.45, 7) is 10.2. The maximum atomic E-state index is 4.31. The van der Waals surface area contributed by atoms with Crippen molar-refractivity contribution in [2.45, 2.75) is 46.6 Å². The maximum Gasteiger partial charge on any atom is 0.0798 e. The quantitative estimate of drug-likeness (QED) is 0.848. The summed E-state index contributed by atoms with van der Waals surface area (Å²) < 4.78 is 0. The molecule has 0 spiro atoms. The van der Waals surface area contributed by atoms with E-state index in [4.69, 9.17) is 0 Å². The SMILES string of the molecule is Cc1ncsc1C(C)NCC1(C(C)C)CC1. The minimum atomic E-state index is 0.448. The molecule has 1 N–H and O–H groups in total. The lowest BCUT2D eigenvalue weighted by Gasteiger charge is -2.23. The molecule has 1 aromatic rings. The summed E-state index contributed by atoms with van der Waals surface area (Å²) in [7, 11) is 0. The van der Waals surface area contributed by atoms with Crippen LogP contribution in [0, 0.1) is 18.3 Å². The molecular formula is C13H22N2S. The van der Waals surface area contributed by atoms with Crippen molar-refractivity contribution in [1.29, 1.82) is 0 Å². The van der Waals surface area contributed by atoms with Gasteiger partial charge in [-0.15, -0.1) is 11.3 Å². The molecule has 0 aliphatic heterocycles. The van der Waals surface area contributed by atoms with Crippen molar-refractivity contribution in [3.8, 4) is 0 Å². The molecule has 1 aliphatic rings. The Morgan fingerprint density at radius 1 is 1.44 bits per heavy atom. The van der Waals surface area contributed by atoms with Crippen LogP contribution in [0.3, 0.4) is 0 Å². The van der Waals surface area contributed by atoms with Gasteiger partial charge in [0.15, 0.2) is 0 Å². The van der Waals surface area contributed by atoms with Gasteiger partial charge in [-0.2, -0.15) is 0 Å². The van der Waals surface area contributed by atoms with Crippen LogP contribution in [-0.2, 0) is 0 Å².